The number of hydrogen-bond acceptors (Lipinski definition) is 4. The minimum absolute atomic E-state index is 0.155. The van der Waals surface area contributed by atoms with Crippen LogP contribution in [0.5, 0.6) is 0 Å². The topological polar surface area (TPSA) is 104 Å². The number of halogens is 2. The Bertz CT molecular complexity index is 633. The van der Waals surface area contributed by atoms with Gasteiger partial charge in [0.05, 0.1) is 21.7 Å². The highest BCUT2D eigenvalue weighted by atomic mass is 35.5. The number of carbonyl (C=O) groups is 1. The lowest BCUT2D eigenvalue weighted by atomic mass is 10.2. The predicted molar refractivity (Wildman–Crippen MR) is 79.5 cm³/mol. The zero-order valence-corrected chi connectivity index (χ0v) is 13.5. The van der Waals surface area contributed by atoms with Crippen LogP contribution in [0, 0.1) is 0 Å². The highest BCUT2D eigenvalue weighted by Crippen LogP contribution is 2.30. The molecule has 0 spiro atoms. The summed E-state index contributed by atoms with van der Waals surface area (Å²) in [5, 5.41) is 17.9. The van der Waals surface area contributed by atoms with Crippen molar-refractivity contribution in [2.75, 3.05) is 6.54 Å². The molecule has 0 amide bonds. The molecular weight excluding hydrogens is 341 g/mol. The Morgan fingerprint density at radius 1 is 1.38 bits per heavy atom. The van der Waals surface area contributed by atoms with Crippen LogP contribution < -0.4 is 4.72 Å². The van der Waals surface area contributed by atoms with Crippen LogP contribution in [0.3, 0.4) is 0 Å². The summed E-state index contributed by atoms with van der Waals surface area (Å²) in [5.74, 6) is -1.42. The van der Waals surface area contributed by atoms with Gasteiger partial charge in [0.25, 0.3) is 0 Å². The molecule has 0 heterocycles. The van der Waals surface area contributed by atoms with Crippen LogP contribution in [-0.4, -0.2) is 37.2 Å². The number of carboxylic acids is 1. The maximum absolute atomic E-state index is 12.1. The zero-order valence-electron chi connectivity index (χ0n) is 11.1. The van der Waals surface area contributed by atoms with Crippen molar-refractivity contribution in [3.05, 3.63) is 27.7 Å². The van der Waals surface area contributed by atoms with Crippen LogP contribution in [-0.2, 0) is 10.0 Å². The van der Waals surface area contributed by atoms with E-state index < -0.39 is 37.6 Å². The summed E-state index contributed by atoms with van der Waals surface area (Å²) in [5.41, 5.74) is -0.477. The summed E-state index contributed by atoms with van der Waals surface area (Å²) in [4.78, 5) is 10.7. The first-order valence-electron chi connectivity index (χ1n) is 6.09. The lowest BCUT2D eigenvalue weighted by Gasteiger charge is -2.13. The lowest BCUT2D eigenvalue weighted by molar-refractivity contribution is 0.0697. The molecule has 0 aliphatic heterocycles. The first kappa shape index (κ1) is 18.2. The molecule has 0 radical (unpaired) electrons. The maximum Gasteiger partial charge on any atom is 0.338 e. The molecule has 0 bridgehead atoms. The van der Waals surface area contributed by atoms with E-state index in [9.17, 15) is 18.3 Å². The van der Waals surface area contributed by atoms with Gasteiger partial charge in [-0.3, -0.25) is 0 Å². The molecule has 9 heteroatoms. The van der Waals surface area contributed by atoms with Gasteiger partial charge < -0.3 is 10.2 Å². The summed E-state index contributed by atoms with van der Waals surface area (Å²) in [7, 11) is -4.04. The molecule has 0 saturated heterocycles. The minimum atomic E-state index is -4.04. The molecule has 0 fully saturated rings. The number of sulfonamides is 1. The van der Waals surface area contributed by atoms with Gasteiger partial charge in [-0.25, -0.2) is 17.9 Å². The number of nitrogens with one attached hydrogen (secondary N) is 1. The van der Waals surface area contributed by atoms with Crippen LogP contribution in [0.4, 0.5) is 0 Å². The van der Waals surface area contributed by atoms with Crippen molar-refractivity contribution >= 4 is 39.2 Å². The molecule has 0 aliphatic carbocycles. The summed E-state index contributed by atoms with van der Waals surface area (Å²) < 4.78 is 26.4. The molecule has 0 saturated carbocycles. The second kappa shape index (κ2) is 7.42. The third-order valence-corrected chi connectivity index (χ3v) is 4.98. The number of carboxylic acid groups (broad SMARTS) is 1. The molecule has 6 nitrogen and oxygen atoms in total. The van der Waals surface area contributed by atoms with Gasteiger partial charge in [0.15, 0.2) is 0 Å². The van der Waals surface area contributed by atoms with Gasteiger partial charge in [0.2, 0.25) is 10.0 Å². The van der Waals surface area contributed by atoms with Crippen molar-refractivity contribution in [2.45, 2.75) is 30.8 Å². The minimum Gasteiger partial charge on any atom is -0.478 e. The van der Waals surface area contributed by atoms with Crippen molar-refractivity contribution in [2.24, 2.45) is 0 Å². The van der Waals surface area contributed by atoms with Crippen LogP contribution in [0.2, 0.25) is 10.0 Å². The molecular formula is C12H15Cl2NO5S. The summed E-state index contributed by atoms with van der Waals surface area (Å²) >= 11 is 11.5. The second-order valence-electron chi connectivity index (χ2n) is 4.33. The summed E-state index contributed by atoms with van der Waals surface area (Å²) in [6.07, 6.45) is 0.320. The Morgan fingerprint density at radius 2 is 2.00 bits per heavy atom. The van der Waals surface area contributed by atoms with Crippen molar-refractivity contribution in [1.82, 2.24) is 4.72 Å². The highest BCUT2D eigenvalue weighted by molar-refractivity contribution is 7.89. The van der Waals surface area contributed by atoms with Crippen LogP contribution in [0.1, 0.15) is 30.1 Å². The van der Waals surface area contributed by atoms with E-state index in [2.05, 4.69) is 4.72 Å². The quantitative estimate of drug-likeness (QED) is 0.694. The molecule has 118 valence electrons. The van der Waals surface area contributed by atoms with Crippen molar-refractivity contribution in [1.29, 1.82) is 0 Å². The Balaban J connectivity index is 3.10. The molecule has 1 aromatic rings. The van der Waals surface area contributed by atoms with E-state index in [1.54, 1.807) is 0 Å². The molecule has 0 aliphatic rings. The fraction of sp³-hybridized carbons (Fsp3) is 0.417. The van der Waals surface area contributed by atoms with Gasteiger partial charge in [0.1, 0.15) is 4.90 Å². The lowest BCUT2D eigenvalue weighted by Crippen LogP contribution is -2.32. The van der Waals surface area contributed by atoms with Crippen molar-refractivity contribution in [3.63, 3.8) is 0 Å². The molecule has 1 aromatic carbocycles. The van der Waals surface area contributed by atoms with Crippen molar-refractivity contribution < 1.29 is 23.4 Å². The summed E-state index contributed by atoms with van der Waals surface area (Å²) in [6, 6.07) is 2.26. The highest BCUT2D eigenvalue weighted by Gasteiger charge is 2.25. The standard InChI is InChI=1S/C12H15Cl2NO5S/c1-2-3-7(16)6-15-21(19,20)9-5-4-8(13)10(11(9)14)12(17)18/h4-5,7,15-16H,2-3,6H2,1H3,(H,17,18). The molecule has 1 unspecified atom stereocenters. The molecule has 0 aromatic heterocycles. The van der Waals surface area contributed by atoms with Gasteiger partial charge in [-0.15, -0.1) is 0 Å². The second-order valence-corrected chi connectivity index (χ2v) is 6.85. The largest absolute Gasteiger partial charge is 0.478 e. The number of aromatic carboxylic acids is 1. The first-order chi connectivity index (χ1) is 9.70. The predicted octanol–water partition coefficient (Wildman–Crippen LogP) is 2.13. The van der Waals surface area contributed by atoms with Crippen LogP contribution in [0.25, 0.3) is 0 Å². The van der Waals surface area contributed by atoms with E-state index in [1.165, 1.54) is 0 Å². The third kappa shape index (κ3) is 4.55. The van der Waals surface area contributed by atoms with Gasteiger partial charge in [-0.1, -0.05) is 36.5 Å². The van der Waals surface area contributed by atoms with Crippen LogP contribution in [0.15, 0.2) is 17.0 Å². The molecule has 3 N–H and O–H groups in total. The zero-order chi connectivity index (χ0) is 16.2. The SMILES string of the molecule is CCCC(O)CNS(=O)(=O)c1ccc(Cl)c(C(=O)O)c1Cl. The Labute approximate surface area is 132 Å². The first-order valence-corrected chi connectivity index (χ1v) is 8.33. The van der Waals surface area contributed by atoms with E-state index in [0.717, 1.165) is 12.1 Å². The maximum atomic E-state index is 12.1. The van der Waals surface area contributed by atoms with E-state index in [1.807, 2.05) is 6.92 Å². The van der Waals surface area contributed by atoms with E-state index in [-0.39, 0.29) is 11.6 Å². The smallest absolute Gasteiger partial charge is 0.338 e. The number of aliphatic hydroxyl groups is 1. The molecule has 21 heavy (non-hydrogen) atoms. The van der Waals surface area contributed by atoms with E-state index in [4.69, 9.17) is 28.3 Å². The number of aliphatic hydroxyl groups excluding tert-OH is 1. The number of rotatable bonds is 7. The average molecular weight is 356 g/mol. The Kier molecular flexibility index (Phi) is 6.42. The van der Waals surface area contributed by atoms with Gasteiger partial charge in [-0.2, -0.15) is 0 Å². The fourth-order valence-corrected chi connectivity index (χ4v) is 3.65. The van der Waals surface area contributed by atoms with E-state index >= 15 is 0 Å². The summed E-state index contributed by atoms with van der Waals surface area (Å²) in [6.45, 7) is 1.67. The monoisotopic (exact) mass is 355 g/mol. The molecule has 1 rings (SSSR count). The fourth-order valence-electron chi connectivity index (χ4n) is 1.66. The van der Waals surface area contributed by atoms with Gasteiger partial charge in [-0.05, 0) is 18.6 Å². The Hall–Kier alpha value is -0.860. The van der Waals surface area contributed by atoms with Gasteiger partial charge in [0, 0.05) is 6.54 Å². The normalized spacial score (nSPS) is 13.1. The van der Waals surface area contributed by atoms with E-state index in [0.29, 0.717) is 12.8 Å². The molecule has 1 atom stereocenters. The average Bonchev–Trinajstić information content (AvgIpc) is 2.36. The third-order valence-electron chi connectivity index (χ3n) is 2.69. The van der Waals surface area contributed by atoms with Gasteiger partial charge >= 0.3 is 5.97 Å². The number of hydrogen-bond donors (Lipinski definition) is 3. The Morgan fingerprint density at radius 3 is 2.52 bits per heavy atom. The number of benzene rings is 1. The van der Waals surface area contributed by atoms with Crippen LogP contribution >= 0.6 is 23.2 Å². The van der Waals surface area contributed by atoms with Crippen molar-refractivity contribution in [3.8, 4) is 0 Å².